The molecule has 0 unspecified atom stereocenters. The quantitative estimate of drug-likeness (QED) is 0.561. The highest BCUT2D eigenvalue weighted by atomic mass is 16.3. The Labute approximate surface area is 125 Å². The summed E-state index contributed by atoms with van der Waals surface area (Å²) >= 11 is 0. The van der Waals surface area contributed by atoms with Crippen molar-refractivity contribution in [3.05, 3.63) is 35.9 Å². The van der Waals surface area contributed by atoms with Gasteiger partial charge in [0.25, 0.3) is 0 Å². The van der Waals surface area contributed by atoms with Gasteiger partial charge in [-0.3, -0.25) is 4.90 Å². The van der Waals surface area contributed by atoms with E-state index in [0.29, 0.717) is 18.9 Å². The molecule has 0 aliphatic rings. The van der Waals surface area contributed by atoms with Crippen molar-refractivity contribution in [1.82, 2.24) is 9.88 Å². The van der Waals surface area contributed by atoms with Crippen LogP contribution in [-0.2, 0) is 6.54 Å². The lowest BCUT2D eigenvalue weighted by Gasteiger charge is -2.28. The number of nitrogen functional groups attached to an aromatic ring is 1. The summed E-state index contributed by atoms with van der Waals surface area (Å²) in [5, 5.41) is 11.1. The van der Waals surface area contributed by atoms with Crippen molar-refractivity contribution in [2.75, 3.05) is 18.5 Å². The molecule has 0 bridgehead atoms. The summed E-state index contributed by atoms with van der Waals surface area (Å²) in [5.74, 6) is 6.29. The predicted octanol–water partition coefficient (Wildman–Crippen LogP) is 2.11. The van der Waals surface area contributed by atoms with Gasteiger partial charge in [0.2, 0.25) is 0 Å². The summed E-state index contributed by atoms with van der Waals surface area (Å²) < 4.78 is 0. The van der Waals surface area contributed by atoms with Crippen molar-refractivity contribution in [2.45, 2.75) is 32.9 Å². The van der Waals surface area contributed by atoms with Gasteiger partial charge in [-0.15, -0.1) is 0 Å². The minimum absolute atomic E-state index is 0.598. The van der Waals surface area contributed by atoms with Crippen molar-refractivity contribution in [1.29, 1.82) is 0 Å². The molecule has 2 aromatic rings. The summed E-state index contributed by atoms with van der Waals surface area (Å²) in [6.45, 7) is 7.85. The average Bonchev–Trinajstić information content (AvgIpc) is 2.44. The fourth-order valence-corrected chi connectivity index (χ4v) is 2.47. The Bertz CT molecular complexity index is 607. The number of nitrogens with zero attached hydrogens (tertiary/aromatic N) is 2. The van der Waals surface area contributed by atoms with Gasteiger partial charge in [0, 0.05) is 24.0 Å². The summed E-state index contributed by atoms with van der Waals surface area (Å²) in [6, 6.07) is 10.1. The monoisotopic (exact) mass is 288 g/mol. The van der Waals surface area contributed by atoms with Crippen LogP contribution in [0.1, 0.15) is 26.3 Å². The van der Waals surface area contributed by atoms with Gasteiger partial charge in [-0.1, -0.05) is 25.1 Å². The van der Waals surface area contributed by atoms with E-state index in [-0.39, 0.29) is 0 Å². The van der Waals surface area contributed by atoms with E-state index < -0.39 is 5.60 Å². The first-order valence-corrected chi connectivity index (χ1v) is 7.23. The van der Waals surface area contributed by atoms with Crippen molar-refractivity contribution >= 4 is 16.7 Å². The number of nitrogens with two attached hydrogens (primary N) is 1. The molecule has 4 N–H and O–H groups in total. The van der Waals surface area contributed by atoms with Gasteiger partial charge in [-0.25, -0.2) is 10.8 Å². The standard InChI is InChI=1S/C16H24N4O/c1-4-20(11-16(2,3)21)10-13-9-12-7-5-6-8-14(12)18-15(13)19-17/h5-9,21H,4,10-11,17H2,1-3H3,(H,18,19). The number of hydrogen-bond donors (Lipinski definition) is 3. The van der Waals surface area contributed by atoms with E-state index in [9.17, 15) is 5.11 Å². The van der Waals surface area contributed by atoms with Crippen LogP contribution in [0.4, 0.5) is 5.82 Å². The normalized spacial score (nSPS) is 12.1. The molecule has 1 heterocycles. The first kappa shape index (κ1) is 15.7. The minimum Gasteiger partial charge on any atom is -0.389 e. The molecule has 0 atom stereocenters. The number of benzene rings is 1. The van der Waals surface area contributed by atoms with Crippen molar-refractivity contribution in [2.24, 2.45) is 5.84 Å². The maximum Gasteiger partial charge on any atom is 0.145 e. The van der Waals surface area contributed by atoms with Crippen LogP contribution in [-0.4, -0.2) is 33.7 Å². The Morgan fingerprint density at radius 2 is 2.05 bits per heavy atom. The number of anilines is 1. The number of aliphatic hydroxyl groups is 1. The summed E-state index contributed by atoms with van der Waals surface area (Å²) in [5.41, 5.74) is 3.90. The number of para-hydroxylation sites is 1. The van der Waals surface area contributed by atoms with E-state index in [1.165, 1.54) is 0 Å². The third kappa shape index (κ3) is 4.14. The van der Waals surface area contributed by atoms with Crippen molar-refractivity contribution in [3.63, 3.8) is 0 Å². The van der Waals surface area contributed by atoms with Crippen LogP contribution in [0, 0.1) is 0 Å². The highest BCUT2D eigenvalue weighted by molar-refractivity contribution is 5.81. The van der Waals surface area contributed by atoms with E-state index in [1.54, 1.807) is 0 Å². The van der Waals surface area contributed by atoms with Gasteiger partial charge in [0.1, 0.15) is 5.82 Å². The van der Waals surface area contributed by atoms with Crippen LogP contribution < -0.4 is 11.3 Å². The van der Waals surface area contributed by atoms with Gasteiger partial charge < -0.3 is 10.5 Å². The summed E-state index contributed by atoms with van der Waals surface area (Å²) in [6.07, 6.45) is 0. The van der Waals surface area contributed by atoms with Gasteiger partial charge >= 0.3 is 0 Å². The Morgan fingerprint density at radius 1 is 1.33 bits per heavy atom. The molecule has 1 aromatic heterocycles. The Hall–Kier alpha value is -1.69. The highest BCUT2D eigenvalue weighted by Gasteiger charge is 2.18. The van der Waals surface area contributed by atoms with Crippen molar-refractivity contribution < 1.29 is 5.11 Å². The molecule has 0 aliphatic heterocycles. The molecule has 5 heteroatoms. The SMILES string of the molecule is CCN(Cc1cc2ccccc2nc1NN)CC(C)(C)O. The molecule has 21 heavy (non-hydrogen) atoms. The molecule has 0 fully saturated rings. The van der Waals surface area contributed by atoms with E-state index >= 15 is 0 Å². The van der Waals surface area contributed by atoms with Crippen LogP contribution in [0.2, 0.25) is 0 Å². The Kier molecular flexibility index (Phi) is 4.77. The zero-order chi connectivity index (χ0) is 15.5. The third-order valence-corrected chi connectivity index (χ3v) is 3.39. The smallest absolute Gasteiger partial charge is 0.145 e. The number of hydrogen-bond acceptors (Lipinski definition) is 5. The summed E-state index contributed by atoms with van der Waals surface area (Å²) in [4.78, 5) is 6.73. The molecule has 0 amide bonds. The second kappa shape index (κ2) is 6.39. The van der Waals surface area contributed by atoms with E-state index in [1.807, 2.05) is 38.1 Å². The van der Waals surface area contributed by atoms with Gasteiger partial charge in [-0.2, -0.15) is 0 Å². The maximum atomic E-state index is 10.00. The number of aromatic nitrogens is 1. The zero-order valence-electron chi connectivity index (χ0n) is 12.9. The predicted molar refractivity (Wildman–Crippen MR) is 86.8 cm³/mol. The molecule has 2 rings (SSSR count). The maximum absolute atomic E-state index is 10.00. The lowest BCUT2D eigenvalue weighted by atomic mass is 10.1. The molecular formula is C16H24N4O. The number of rotatable bonds is 6. The Balaban J connectivity index is 2.31. The largest absolute Gasteiger partial charge is 0.389 e. The lowest BCUT2D eigenvalue weighted by molar-refractivity contribution is 0.0354. The van der Waals surface area contributed by atoms with Crippen LogP contribution in [0.3, 0.4) is 0 Å². The third-order valence-electron chi connectivity index (χ3n) is 3.39. The zero-order valence-corrected chi connectivity index (χ0v) is 12.9. The molecule has 5 nitrogen and oxygen atoms in total. The number of hydrazine groups is 1. The molecule has 0 aliphatic carbocycles. The molecular weight excluding hydrogens is 264 g/mol. The topological polar surface area (TPSA) is 74.4 Å². The fraction of sp³-hybridized carbons (Fsp3) is 0.438. The average molecular weight is 288 g/mol. The lowest BCUT2D eigenvalue weighted by Crippen LogP contribution is -2.38. The van der Waals surface area contributed by atoms with Gasteiger partial charge in [0.05, 0.1) is 11.1 Å². The van der Waals surface area contributed by atoms with Crippen LogP contribution >= 0.6 is 0 Å². The first-order chi connectivity index (χ1) is 9.93. The van der Waals surface area contributed by atoms with Gasteiger partial charge in [0.15, 0.2) is 0 Å². The van der Waals surface area contributed by atoms with E-state index in [0.717, 1.165) is 23.0 Å². The molecule has 0 radical (unpaired) electrons. The number of pyridine rings is 1. The highest BCUT2D eigenvalue weighted by Crippen LogP contribution is 2.22. The molecule has 114 valence electrons. The second-order valence-electron chi connectivity index (χ2n) is 5.95. The summed E-state index contributed by atoms with van der Waals surface area (Å²) in [7, 11) is 0. The number of fused-ring (bicyclic) bond motifs is 1. The van der Waals surface area contributed by atoms with Crippen LogP contribution in [0.25, 0.3) is 10.9 Å². The minimum atomic E-state index is -0.726. The van der Waals surface area contributed by atoms with Crippen molar-refractivity contribution in [3.8, 4) is 0 Å². The fourth-order valence-electron chi connectivity index (χ4n) is 2.47. The molecule has 1 aromatic carbocycles. The number of nitrogens with one attached hydrogen (secondary N) is 1. The van der Waals surface area contributed by atoms with Gasteiger partial charge in [-0.05, 0) is 32.5 Å². The first-order valence-electron chi connectivity index (χ1n) is 7.23. The molecule has 0 saturated carbocycles. The molecule has 0 spiro atoms. The van der Waals surface area contributed by atoms with Crippen LogP contribution in [0.15, 0.2) is 30.3 Å². The van der Waals surface area contributed by atoms with E-state index in [4.69, 9.17) is 5.84 Å². The van der Waals surface area contributed by atoms with Crippen LogP contribution in [0.5, 0.6) is 0 Å². The number of likely N-dealkylation sites (N-methyl/N-ethyl adjacent to an activating group) is 1. The second-order valence-corrected chi connectivity index (χ2v) is 5.95. The molecule has 0 saturated heterocycles. The van der Waals surface area contributed by atoms with E-state index in [2.05, 4.69) is 28.3 Å². The Morgan fingerprint density at radius 3 is 2.67 bits per heavy atom.